The van der Waals surface area contributed by atoms with Gasteiger partial charge in [-0.15, -0.1) is 0 Å². The SMILES string of the molecule is CCNC(CN1CCOC(C)(C)C1)C1CCCCC1. The first-order valence-corrected chi connectivity index (χ1v) is 8.20. The Kier molecular flexibility index (Phi) is 5.67. The third-order valence-electron chi connectivity index (χ3n) is 4.64. The van der Waals surface area contributed by atoms with Crippen LogP contribution in [0.15, 0.2) is 0 Å². The van der Waals surface area contributed by atoms with Gasteiger partial charge >= 0.3 is 0 Å². The van der Waals surface area contributed by atoms with Crippen molar-refractivity contribution in [2.75, 3.05) is 32.8 Å². The van der Waals surface area contributed by atoms with Gasteiger partial charge in [-0.25, -0.2) is 0 Å². The second-order valence-electron chi connectivity index (χ2n) is 6.91. The van der Waals surface area contributed by atoms with Crippen LogP contribution in [0.4, 0.5) is 0 Å². The minimum absolute atomic E-state index is 0.0293. The van der Waals surface area contributed by atoms with Crippen LogP contribution in [-0.2, 0) is 4.74 Å². The van der Waals surface area contributed by atoms with E-state index in [1.165, 1.54) is 38.6 Å². The van der Waals surface area contributed by atoms with Gasteiger partial charge in [0, 0.05) is 25.7 Å². The summed E-state index contributed by atoms with van der Waals surface area (Å²) >= 11 is 0. The number of hydrogen-bond acceptors (Lipinski definition) is 3. The van der Waals surface area contributed by atoms with Crippen molar-refractivity contribution in [1.82, 2.24) is 10.2 Å². The van der Waals surface area contributed by atoms with Crippen LogP contribution >= 0.6 is 0 Å². The van der Waals surface area contributed by atoms with Crippen molar-refractivity contribution in [3.8, 4) is 0 Å². The topological polar surface area (TPSA) is 24.5 Å². The predicted molar refractivity (Wildman–Crippen MR) is 80.5 cm³/mol. The smallest absolute Gasteiger partial charge is 0.0753 e. The first-order chi connectivity index (χ1) is 9.11. The van der Waals surface area contributed by atoms with Gasteiger partial charge in [0.1, 0.15) is 0 Å². The quantitative estimate of drug-likeness (QED) is 0.829. The van der Waals surface area contributed by atoms with Crippen LogP contribution in [0.1, 0.15) is 52.9 Å². The van der Waals surface area contributed by atoms with E-state index in [0.717, 1.165) is 32.2 Å². The molecule has 0 aromatic carbocycles. The average Bonchev–Trinajstić information content (AvgIpc) is 2.38. The Labute approximate surface area is 119 Å². The van der Waals surface area contributed by atoms with Crippen molar-refractivity contribution in [3.63, 3.8) is 0 Å². The fraction of sp³-hybridized carbons (Fsp3) is 1.00. The van der Waals surface area contributed by atoms with Gasteiger partial charge in [-0.3, -0.25) is 4.90 Å². The highest BCUT2D eigenvalue weighted by Crippen LogP contribution is 2.27. The Hall–Kier alpha value is -0.120. The number of morpholine rings is 1. The lowest BCUT2D eigenvalue weighted by molar-refractivity contribution is -0.0889. The number of hydrogen-bond donors (Lipinski definition) is 1. The van der Waals surface area contributed by atoms with E-state index in [9.17, 15) is 0 Å². The van der Waals surface area contributed by atoms with E-state index < -0.39 is 0 Å². The molecule has 2 aliphatic rings. The van der Waals surface area contributed by atoms with E-state index in [0.29, 0.717) is 6.04 Å². The van der Waals surface area contributed by atoms with Crippen LogP contribution in [-0.4, -0.2) is 49.3 Å². The van der Waals surface area contributed by atoms with Crippen molar-refractivity contribution < 1.29 is 4.74 Å². The minimum Gasteiger partial charge on any atom is -0.373 e. The van der Waals surface area contributed by atoms with Crippen molar-refractivity contribution in [3.05, 3.63) is 0 Å². The van der Waals surface area contributed by atoms with Gasteiger partial charge in [-0.05, 0) is 39.2 Å². The summed E-state index contributed by atoms with van der Waals surface area (Å²) in [6.07, 6.45) is 7.15. The summed E-state index contributed by atoms with van der Waals surface area (Å²) < 4.78 is 5.82. The molecule has 1 saturated heterocycles. The molecule has 2 rings (SSSR count). The van der Waals surface area contributed by atoms with Gasteiger partial charge in [0.05, 0.1) is 12.2 Å². The van der Waals surface area contributed by atoms with Crippen LogP contribution in [0.5, 0.6) is 0 Å². The molecule has 0 amide bonds. The third-order valence-corrected chi connectivity index (χ3v) is 4.64. The molecular formula is C16H32N2O. The molecule has 1 aliphatic heterocycles. The Morgan fingerprint density at radius 3 is 2.63 bits per heavy atom. The van der Waals surface area contributed by atoms with Crippen LogP contribution in [0.3, 0.4) is 0 Å². The Morgan fingerprint density at radius 2 is 2.00 bits per heavy atom. The molecule has 3 heteroatoms. The summed E-state index contributed by atoms with van der Waals surface area (Å²) in [6, 6.07) is 0.680. The maximum absolute atomic E-state index is 5.82. The number of ether oxygens (including phenoxy) is 1. The van der Waals surface area contributed by atoms with E-state index in [4.69, 9.17) is 4.74 Å². The molecule has 2 fully saturated rings. The normalized spacial score (nSPS) is 27.3. The fourth-order valence-electron chi connectivity index (χ4n) is 3.73. The van der Waals surface area contributed by atoms with E-state index in [2.05, 4.69) is 31.0 Å². The van der Waals surface area contributed by atoms with Gasteiger partial charge in [0.25, 0.3) is 0 Å². The molecule has 3 nitrogen and oxygen atoms in total. The highest BCUT2D eigenvalue weighted by Gasteiger charge is 2.30. The lowest BCUT2D eigenvalue weighted by Crippen LogP contribution is -2.54. The van der Waals surface area contributed by atoms with Gasteiger partial charge in [0.2, 0.25) is 0 Å². The average molecular weight is 268 g/mol. The van der Waals surface area contributed by atoms with Gasteiger partial charge in [-0.2, -0.15) is 0 Å². The second kappa shape index (κ2) is 7.05. The molecule has 1 atom stereocenters. The predicted octanol–water partition coefficient (Wildman–Crippen LogP) is 2.66. The molecule has 0 bridgehead atoms. The van der Waals surface area contributed by atoms with E-state index >= 15 is 0 Å². The van der Waals surface area contributed by atoms with Crippen LogP contribution in [0, 0.1) is 5.92 Å². The minimum atomic E-state index is 0.0293. The van der Waals surface area contributed by atoms with Gasteiger partial charge in [0.15, 0.2) is 0 Å². The maximum Gasteiger partial charge on any atom is 0.0753 e. The lowest BCUT2D eigenvalue weighted by atomic mass is 9.83. The van der Waals surface area contributed by atoms with Crippen molar-refractivity contribution in [1.29, 1.82) is 0 Å². The molecule has 1 saturated carbocycles. The van der Waals surface area contributed by atoms with E-state index in [-0.39, 0.29) is 5.60 Å². The van der Waals surface area contributed by atoms with E-state index in [1.54, 1.807) is 0 Å². The fourth-order valence-corrected chi connectivity index (χ4v) is 3.73. The summed E-state index contributed by atoms with van der Waals surface area (Å²) in [6.45, 7) is 12.0. The van der Waals surface area contributed by atoms with Crippen molar-refractivity contribution in [2.24, 2.45) is 5.92 Å². The standard InChI is InChI=1S/C16H32N2O/c1-4-17-15(14-8-6-5-7-9-14)12-18-10-11-19-16(2,3)13-18/h14-15,17H,4-13H2,1-3H3. The highest BCUT2D eigenvalue weighted by atomic mass is 16.5. The Bertz CT molecular complexity index is 261. The Morgan fingerprint density at radius 1 is 1.26 bits per heavy atom. The largest absolute Gasteiger partial charge is 0.373 e. The van der Waals surface area contributed by atoms with Gasteiger partial charge < -0.3 is 10.1 Å². The number of rotatable bonds is 5. The molecule has 1 unspecified atom stereocenters. The molecule has 0 radical (unpaired) electrons. The third kappa shape index (κ3) is 4.73. The summed E-state index contributed by atoms with van der Waals surface area (Å²) in [5.74, 6) is 0.889. The van der Waals surface area contributed by atoms with Gasteiger partial charge in [-0.1, -0.05) is 26.2 Å². The molecule has 0 aromatic heterocycles. The molecule has 19 heavy (non-hydrogen) atoms. The van der Waals surface area contributed by atoms with Crippen LogP contribution in [0.25, 0.3) is 0 Å². The highest BCUT2D eigenvalue weighted by molar-refractivity contribution is 4.86. The maximum atomic E-state index is 5.82. The summed E-state index contributed by atoms with van der Waals surface area (Å²) in [5.41, 5.74) is 0.0293. The molecule has 0 aromatic rings. The summed E-state index contributed by atoms with van der Waals surface area (Å²) in [4.78, 5) is 2.60. The monoisotopic (exact) mass is 268 g/mol. The molecule has 112 valence electrons. The second-order valence-corrected chi connectivity index (χ2v) is 6.91. The number of nitrogens with one attached hydrogen (secondary N) is 1. The zero-order chi connectivity index (χ0) is 13.7. The molecule has 1 heterocycles. The lowest BCUT2D eigenvalue weighted by Gasteiger charge is -2.41. The number of nitrogens with zero attached hydrogens (tertiary/aromatic N) is 1. The molecule has 1 aliphatic carbocycles. The van der Waals surface area contributed by atoms with E-state index in [1.807, 2.05) is 0 Å². The summed E-state index contributed by atoms with van der Waals surface area (Å²) in [7, 11) is 0. The molecule has 1 N–H and O–H groups in total. The zero-order valence-corrected chi connectivity index (χ0v) is 13.1. The molecular weight excluding hydrogens is 236 g/mol. The Balaban J connectivity index is 1.88. The first kappa shape index (κ1) is 15.3. The van der Waals surface area contributed by atoms with Crippen molar-refractivity contribution >= 4 is 0 Å². The van der Waals surface area contributed by atoms with Crippen molar-refractivity contribution in [2.45, 2.75) is 64.5 Å². The summed E-state index contributed by atoms with van der Waals surface area (Å²) in [5, 5.41) is 3.74. The zero-order valence-electron chi connectivity index (χ0n) is 13.1. The van der Waals surface area contributed by atoms with Crippen LogP contribution in [0.2, 0.25) is 0 Å². The molecule has 0 spiro atoms. The first-order valence-electron chi connectivity index (χ1n) is 8.20. The van der Waals surface area contributed by atoms with Crippen LogP contribution < -0.4 is 5.32 Å². The number of likely N-dealkylation sites (N-methyl/N-ethyl adjacent to an activating group) is 1.